The number of thiophene rings is 1. The minimum absolute atomic E-state index is 0.00346. The van der Waals surface area contributed by atoms with E-state index >= 15 is 4.39 Å². The third-order valence-electron chi connectivity index (χ3n) is 6.56. The number of benzene rings is 1. The summed E-state index contributed by atoms with van der Waals surface area (Å²) in [5.41, 5.74) is 1.35. The van der Waals surface area contributed by atoms with Crippen molar-refractivity contribution in [3.8, 4) is 17.6 Å². The smallest absolute Gasteiger partial charge is 0.303 e. The predicted octanol–water partition coefficient (Wildman–Crippen LogP) is 5.56. The summed E-state index contributed by atoms with van der Waals surface area (Å²) in [7, 11) is 1.59. The molecule has 7 heteroatoms. The maximum Gasteiger partial charge on any atom is 0.303 e. The first kappa shape index (κ1) is 24.2. The highest BCUT2D eigenvalue weighted by molar-refractivity contribution is 7.10. The summed E-state index contributed by atoms with van der Waals surface area (Å²) in [6, 6.07) is 11.2. The second kappa shape index (κ2) is 11.5. The second-order valence-corrected chi connectivity index (χ2v) is 9.70. The number of hydrogen-bond donors (Lipinski definition) is 1. The van der Waals surface area contributed by atoms with Gasteiger partial charge in [0.15, 0.2) is 0 Å². The summed E-state index contributed by atoms with van der Waals surface area (Å²) >= 11 is 1.61. The molecule has 1 aromatic carbocycles. The van der Waals surface area contributed by atoms with Crippen LogP contribution in [0.4, 0.5) is 4.39 Å². The van der Waals surface area contributed by atoms with Gasteiger partial charge >= 0.3 is 5.97 Å². The van der Waals surface area contributed by atoms with Gasteiger partial charge in [0, 0.05) is 24.5 Å². The van der Waals surface area contributed by atoms with Crippen LogP contribution in [-0.4, -0.2) is 47.7 Å². The molecule has 0 unspecified atom stereocenters. The number of hydrogen-bond acceptors (Lipinski definition) is 5. The van der Waals surface area contributed by atoms with Gasteiger partial charge in [-0.05, 0) is 78.9 Å². The Bertz CT molecular complexity index is 1170. The normalized spacial score (nSPS) is 19.4. The average Bonchev–Trinajstić information content (AvgIpc) is 3.36. The van der Waals surface area contributed by atoms with Crippen LogP contribution < -0.4 is 4.74 Å². The SMILES string of the molecule is COc1ccc2nccc([C@H](F)CC[C@@H]3CCN(CC#Cc4cccs4)C[C@@H]3CC(=O)O)c2c1. The highest BCUT2D eigenvalue weighted by atomic mass is 32.1. The molecule has 0 saturated carbocycles. The number of carboxylic acids is 1. The van der Waals surface area contributed by atoms with Crippen molar-refractivity contribution in [3.63, 3.8) is 0 Å². The maximum absolute atomic E-state index is 15.4. The van der Waals surface area contributed by atoms with Crippen LogP contribution in [0.2, 0.25) is 0 Å². The lowest BCUT2D eigenvalue weighted by molar-refractivity contribution is -0.139. The van der Waals surface area contributed by atoms with Crippen LogP contribution in [0, 0.1) is 23.7 Å². The summed E-state index contributed by atoms with van der Waals surface area (Å²) in [4.78, 5) is 19.1. The number of methoxy groups -OCH3 is 1. The Hall–Kier alpha value is -2.95. The molecule has 1 aliphatic heterocycles. The van der Waals surface area contributed by atoms with Gasteiger partial charge < -0.3 is 9.84 Å². The van der Waals surface area contributed by atoms with E-state index in [1.54, 1.807) is 30.7 Å². The highest BCUT2D eigenvalue weighted by Gasteiger charge is 2.31. The van der Waals surface area contributed by atoms with Gasteiger partial charge in [-0.15, -0.1) is 11.3 Å². The van der Waals surface area contributed by atoms with Crippen molar-refractivity contribution >= 4 is 28.2 Å². The molecule has 0 amide bonds. The maximum atomic E-state index is 15.4. The molecule has 1 aliphatic rings. The predicted molar refractivity (Wildman–Crippen MR) is 133 cm³/mol. The lowest BCUT2D eigenvalue weighted by Gasteiger charge is -2.37. The quantitative estimate of drug-likeness (QED) is 0.428. The third kappa shape index (κ3) is 6.13. The molecule has 0 aliphatic carbocycles. The first-order valence-corrected chi connectivity index (χ1v) is 12.4. The molecule has 3 heterocycles. The Morgan fingerprint density at radius 3 is 3.00 bits per heavy atom. The van der Waals surface area contributed by atoms with E-state index in [2.05, 4.69) is 21.7 Å². The first-order chi connectivity index (χ1) is 16.5. The Morgan fingerprint density at radius 2 is 2.24 bits per heavy atom. The fourth-order valence-electron chi connectivity index (χ4n) is 4.79. The van der Waals surface area contributed by atoms with Crippen LogP contribution in [0.25, 0.3) is 10.9 Å². The van der Waals surface area contributed by atoms with E-state index in [1.807, 2.05) is 35.7 Å². The van der Waals surface area contributed by atoms with E-state index in [0.717, 1.165) is 28.7 Å². The van der Waals surface area contributed by atoms with Crippen LogP contribution in [0.1, 0.15) is 42.3 Å². The fourth-order valence-corrected chi connectivity index (χ4v) is 5.38. The molecule has 178 valence electrons. The van der Waals surface area contributed by atoms with Gasteiger partial charge in [0.05, 0.1) is 24.0 Å². The van der Waals surface area contributed by atoms with E-state index in [1.165, 1.54) is 0 Å². The number of likely N-dealkylation sites (tertiary alicyclic amines) is 1. The molecule has 4 rings (SSSR count). The molecule has 34 heavy (non-hydrogen) atoms. The molecule has 0 radical (unpaired) electrons. The molecule has 3 atom stereocenters. The molecular formula is C27H29FN2O3S. The Morgan fingerprint density at radius 1 is 1.35 bits per heavy atom. The van der Waals surface area contributed by atoms with Crippen LogP contribution in [0.3, 0.4) is 0 Å². The fraction of sp³-hybridized carbons (Fsp3) is 0.407. The molecule has 1 fully saturated rings. The average molecular weight is 481 g/mol. The van der Waals surface area contributed by atoms with Crippen molar-refractivity contribution in [1.29, 1.82) is 0 Å². The standard InChI is InChI=1S/C27H29FN2O3S/c1-33-21-7-9-26-24(17-21)23(10-12-29-26)25(28)8-6-19-11-14-30(18-20(19)16-27(31)32)13-2-4-22-5-3-15-34-22/h3,5,7,9-10,12,15,17,19-20,25H,6,8,11,13-14,16,18H2,1H3,(H,31,32)/t19-,20+,25-/m1/s1. The van der Waals surface area contributed by atoms with E-state index < -0.39 is 12.1 Å². The highest BCUT2D eigenvalue weighted by Crippen LogP contribution is 2.36. The summed E-state index contributed by atoms with van der Waals surface area (Å²) in [6.07, 6.45) is 2.47. The van der Waals surface area contributed by atoms with Gasteiger partial charge in [-0.2, -0.15) is 0 Å². The number of alkyl halides is 1. The number of ether oxygens (including phenoxy) is 1. The third-order valence-corrected chi connectivity index (χ3v) is 7.34. The van der Waals surface area contributed by atoms with Gasteiger partial charge in [0.2, 0.25) is 0 Å². The van der Waals surface area contributed by atoms with Crippen molar-refractivity contribution < 1.29 is 19.0 Å². The molecule has 1 saturated heterocycles. The van der Waals surface area contributed by atoms with Gasteiger partial charge in [-0.25, -0.2) is 4.39 Å². The number of carboxylic acid groups (broad SMARTS) is 1. The van der Waals surface area contributed by atoms with E-state index in [9.17, 15) is 9.90 Å². The van der Waals surface area contributed by atoms with Crippen molar-refractivity contribution in [2.24, 2.45) is 11.8 Å². The van der Waals surface area contributed by atoms with Crippen molar-refractivity contribution in [1.82, 2.24) is 9.88 Å². The lowest BCUT2D eigenvalue weighted by atomic mass is 9.79. The molecule has 3 aromatic rings. The van der Waals surface area contributed by atoms with Gasteiger partial charge in [-0.3, -0.25) is 14.7 Å². The van der Waals surface area contributed by atoms with Crippen LogP contribution in [0.15, 0.2) is 48.0 Å². The second-order valence-electron chi connectivity index (χ2n) is 8.75. The largest absolute Gasteiger partial charge is 0.497 e. The van der Waals surface area contributed by atoms with Crippen molar-refractivity contribution in [2.75, 3.05) is 26.7 Å². The Balaban J connectivity index is 1.39. The van der Waals surface area contributed by atoms with Crippen LogP contribution >= 0.6 is 11.3 Å². The molecule has 1 N–H and O–H groups in total. The number of pyridine rings is 1. The summed E-state index contributed by atoms with van der Waals surface area (Å²) < 4.78 is 20.7. The number of aliphatic carboxylic acids is 1. The number of rotatable bonds is 8. The van der Waals surface area contributed by atoms with Crippen LogP contribution in [0.5, 0.6) is 5.75 Å². The van der Waals surface area contributed by atoms with Gasteiger partial charge in [0.1, 0.15) is 11.9 Å². The number of nitrogens with zero attached hydrogens (tertiary/aromatic N) is 2. The molecule has 5 nitrogen and oxygen atoms in total. The van der Waals surface area contributed by atoms with Gasteiger partial charge in [0.25, 0.3) is 0 Å². The number of aromatic nitrogens is 1. The zero-order valence-electron chi connectivity index (χ0n) is 19.2. The van der Waals surface area contributed by atoms with Crippen molar-refractivity contribution in [3.05, 3.63) is 58.4 Å². The van der Waals surface area contributed by atoms with Crippen molar-refractivity contribution in [2.45, 2.75) is 31.9 Å². The summed E-state index contributed by atoms with van der Waals surface area (Å²) in [5.74, 6) is 6.42. The molecule has 0 spiro atoms. The van der Waals surface area contributed by atoms with E-state index in [0.29, 0.717) is 37.2 Å². The minimum atomic E-state index is -1.14. The molecule has 2 aromatic heterocycles. The van der Waals surface area contributed by atoms with Gasteiger partial charge in [-0.1, -0.05) is 17.9 Å². The number of carbonyl (C=O) groups is 1. The summed E-state index contributed by atoms with van der Waals surface area (Å²) in [6.45, 7) is 2.16. The van der Waals surface area contributed by atoms with E-state index in [-0.39, 0.29) is 18.3 Å². The number of piperidine rings is 1. The molecule has 0 bridgehead atoms. The zero-order valence-corrected chi connectivity index (χ0v) is 20.1. The van der Waals surface area contributed by atoms with E-state index in [4.69, 9.17) is 4.74 Å². The zero-order chi connectivity index (χ0) is 23.9. The summed E-state index contributed by atoms with van der Waals surface area (Å²) in [5, 5.41) is 12.2. The van der Waals surface area contributed by atoms with Crippen LogP contribution in [-0.2, 0) is 4.79 Å². The number of halogens is 1. The Labute approximate surface area is 203 Å². The minimum Gasteiger partial charge on any atom is -0.497 e. The number of fused-ring (bicyclic) bond motifs is 1. The Kier molecular flexibility index (Phi) is 8.15. The monoisotopic (exact) mass is 480 g/mol. The lowest BCUT2D eigenvalue weighted by Crippen LogP contribution is -2.41. The molecular weight excluding hydrogens is 451 g/mol. The topological polar surface area (TPSA) is 62.7 Å². The first-order valence-electron chi connectivity index (χ1n) is 11.6.